The minimum absolute atomic E-state index is 0.230. The first-order valence-corrected chi connectivity index (χ1v) is 9.13. The van der Waals surface area contributed by atoms with Gasteiger partial charge in [0.2, 0.25) is 4.77 Å². The predicted octanol–water partition coefficient (Wildman–Crippen LogP) is 3.14. The van der Waals surface area contributed by atoms with Crippen molar-refractivity contribution in [3.63, 3.8) is 0 Å². The van der Waals surface area contributed by atoms with Gasteiger partial charge in [-0.2, -0.15) is 0 Å². The van der Waals surface area contributed by atoms with Gasteiger partial charge in [-0.15, -0.1) is 5.10 Å². The zero-order valence-electron chi connectivity index (χ0n) is 14.7. The summed E-state index contributed by atoms with van der Waals surface area (Å²) in [7, 11) is 0. The van der Waals surface area contributed by atoms with Crippen molar-refractivity contribution in [3.05, 3.63) is 59.6 Å². The molecule has 0 radical (unpaired) electrons. The van der Waals surface area contributed by atoms with E-state index in [9.17, 15) is 0 Å². The van der Waals surface area contributed by atoms with Gasteiger partial charge < -0.3 is 4.74 Å². The Bertz CT molecular complexity index is 922. The number of benzene rings is 1. The molecule has 1 atom stereocenters. The summed E-state index contributed by atoms with van der Waals surface area (Å²) in [5.74, 6) is 0.824. The van der Waals surface area contributed by atoms with Gasteiger partial charge >= 0.3 is 0 Å². The van der Waals surface area contributed by atoms with Crippen molar-refractivity contribution in [2.75, 3.05) is 19.7 Å². The van der Waals surface area contributed by atoms with E-state index in [1.54, 1.807) is 12.4 Å². The molecule has 1 saturated heterocycles. The third-order valence-corrected chi connectivity index (χ3v) is 4.84. The molecule has 0 N–H and O–H groups in total. The summed E-state index contributed by atoms with van der Waals surface area (Å²) < 4.78 is 10.2. The molecule has 0 spiro atoms. The minimum atomic E-state index is 0.230. The fraction of sp³-hybridized carbons (Fsp3) is 0.316. The Morgan fingerprint density at radius 3 is 2.65 bits per heavy atom. The van der Waals surface area contributed by atoms with Crippen molar-refractivity contribution in [1.29, 1.82) is 0 Å². The Hall–Kier alpha value is -2.35. The molecule has 26 heavy (non-hydrogen) atoms. The fourth-order valence-electron chi connectivity index (χ4n) is 3.21. The first kappa shape index (κ1) is 17.1. The molecule has 3 heterocycles. The molecule has 134 valence electrons. The molecular weight excluding hydrogens is 346 g/mol. The number of morpholine rings is 1. The number of pyridine rings is 1. The van der Waals surface area contributed by atoms with E-state index in [-0.39, 0.29) is 6.10 Å². The molecule has 1 fully saturated rings. The molecule has 6 nitrogen and oxygen atoms in total. The molecule has 4 rings (SSSR count). The summed E-state index contributed by atoms with van der Waals surface area (Å²) in [6.07, 6.45) is 3.78. The number of aromatic nitrogens is 4. The van der Waals surface area contributed by atoms with Crippen molar-refractivity contribution >= 4 is 12.2 Å². The van der Waals surface area contributed by atoms with Crippen LogP contribution in [0.5, 0.6) is 0 Å². The summed E-state index contributed by atoms with van der Waals surface area (Å²) in [5, 5.41) is 4.84. The summed E-state index contributed by atoms with van der Waals surface area (Å²) in [6, 6.07) is 14.0. The Kier molecular flexibility index (Phi) is 4.92. The van der Waals surface area contributed by atoms with Gasteiger partial charge in [-0.05, 0) is 43.4 Å². The maximum atomic E-state index is 5.78. The number of hydrogen-bond donors (Lipinski definition) is 0. The molecule has 0 aliphatic carbocycles. The normalized spacial score (nSPS) is 18.1. The van der Waals surface area contributed by atoms with Crippen molar-refractivity contribution in [2.24, 2.45) is 0 Å². The zero-order chi connectivity index (χ0) is 17.9. The Morgan fingerprint density at radius 2 is 1.92 bits per heavy atom. The lowest BCUT2D eigenvalue weighted by Gasteiger charge is -2.30. The van der Waals surface area contributed by atoms with Crippen LogP contribution in [0.3, 0.4) is 0 Å². The highest BCUT2D eigenvalue weighted by Gasteiger charge is 2.20. The van der Waals surface area contributed by atoms with E-state index in [4.69, 9.17) is 22.1 Å². The molecular formula is C19H21N5OS. The van der Waals surface area contributed by atoms with Crippen molar-refractivity contribution in [2.45, 2.75) is 19.7 Å². The smallest absolute Gasteiger partial charge is 0.204 e. The van der Waals surface area contributed by atoms with Crippen LogP contribution in [0.4, 0.5) is 0 Å². The van der Waals surface area contributed by atoms with Gasteiger partial charge in [-0.1, -0.05) is 18.2 Å². The fourth-order valence-corrected chi connectivity index (χ4v) is 3.50. The van der Waals surface area contributed by atoms with E-state index in [0.29, 0.717) is 11.4 Å². The summed E-state index contributed by atoms with van der Waals surface area (Å²) in [6.45, 7) is 5.26. The standard InChI is InChI=1S/C19H21N5OS/c1-15-13-22(11-12-25-15)14-23-19(26)24(17-5-3-2-4-6-17)18(21-23)16-7-9-20-10-8-16/h2-10,15H,11-14H2,1H3/t15-/m1/s1. The number of nitrogens with zero attached hydrogens (tertiary/aromatic N) is 5. The van der Waals surface area contributed by atoms with Gasteiger partial charge in [0.1, 0.15) is 0 Å². The second-order valence-electron chi connectivity index (χ2n) is 6.41. The van der Waals surface area contributed by atoms with Crippen LogP contribution in [0, 0.1) is 4.77 Å². The SMILES string of the molecule is C[C@@H]1CN(Cn2nc(-c3ccncc3)n(-c3ccccc3)c2=S)CCO1. The summed E-state index contributed by atoms with van der Waals surface area (Å²) in [5.41, 5.74) is 2.00. The molecule has 0 saturated carbocycles. The van der Waals surface area contributed by atoms with Gasteiger partial charge in [0.25, 0.3) is 0 Å². The lowest BCUT2D eigenvalue weighted by atomic mass is 10.2. The van der Waals surface area contributed by atoms with E-state index >= 15 is 0 Å². The average molecular weight is 367 g/mol. The minimum Gasteiger partial charge on any atom is -0.376 e. The Morgan fingerprint density at radius 1 is 1.15 bits per heavy atom. The average Bonchev–Trinajstić information content (AvgIpc) is 2.99. The number of para-hydroxylation sites is 1. The molecule has 7 heteroatoms. The lowest BCUT2D eigenvalue weighted by Crippen LogP contribution is -2.42. The molecule has 0 unspecified atom stereocenters. The molecule has 3 aromatic rings. The number of rotatable bonds is 4. The van der Waals surface area contributed by atoms with E-state index in [0.717, 1.165) is 36.8 Å². The molecule has 1 aliphatic heterocycles. The predicted molar refractivity (Wildman–Crippen MR) is 103 cm³/mol. The van der Waals surface area contributed by atoms with E-state index in [1.807, 2.05) is 51.7 Å². The van der Waals surface area contributed by atoms with Crippen LogP contribution >= 0.6 is 12.2 Å². The second kappa shape index (κ2) is 7.49. The maximum absolute atomic E-state index is 5.78. The molecule has 1 aliphatic rings. The van der Waals surface area contributed by atoms with Crippen LogP contribution in [0.1, 0.15) is 6.92 Å². The number of ether oxygens (including phenoxy) is 1. The first-order chi connectivity index (χ1) is 12.7. The Balaban J connectivity index is 1.77. The van der Waals surface area contributed by atoms with E-state index in [2.05, 4.69) is 16.8 Å². The van der Waals surface area contributed by atoms with Crippen LogP contribution in [0.25, 0.3) is 17.1 Å². The van der Waals surface area contributed by atoms with Gasteiger partial charge in [-0.25, -0.2) is 4.68 Å². The van der Waals surface area contributed by atoms with Gasteiger partial charge in [0.05, 0.1) is 19.4 Å². The van der Waals surface area contributed by atoms with Crippen molar-refractivity contribution in [3.8, 4) is 17.1 Å². The first-order valence-electron chi connectivity index (χ1n) is 8.72. The van der Waals surface area contributed by atoms with Crippen molar-refractivity contribution in [1.82, 2.24) is 24.2 Å². The molecule has 2 aromatic heterocycles. The summed E-state index contributed by atoms with van der Waals surface area (Å²) >= 11 is 5.78. The van der Waals surface area contributed by atoms with Crippen molar-refractivity contribution < 1.29 is 4.74 Å². The Labute approximate surface area is 157 Å². The van der Waals surface area contributed by atoms with Crippen LogP contribution in [0.2, 0.25) is 0 Å². The third-order valence-electron chi connectivity index (χ3n) is 4.45. The molecule has 0 amide bonds. The van der Waals surface area contributed by atoms with Crippen LogP contribution < -0.4 is 0 Å². The van der Waals surface area contributed by atoms with Gasteiger partial charge in [0, 0.05) is 36.7 Å². The topological polar surface area (TPSA) is 48.1 Å². The monoisotopic (exact) mass is 367 g/mol. The van der Waals surface area contributed by atoms with Gasteiger partial charge in [-0.3, -0.25) is 14.5 Å². The van der Waals surface area contributed by atoms with E-state index in [1.165, 1.54) is 0 Å². The highest BCUT2D eigenvalue weighted by Crippen LogP contribution is 2.22. The second-order valence-corrected chi connectivity index (χ2v) is 6.78. The molecule has 0 bridgehead atoms. The third kappa shape index (κ3) is 3.46. The summed E-state index contributed by atoms with van der Waals surface area (Å²) in [4.78, 5) is 6.43. The highest BCUT2D eigenvalue weighted by molar-refractivity contribution is 7.71. The largest absolute Gasteiger partial charge is 0.376 e. The number of hydrogen-bond acceptors (Lipinski definition) is 5. The quantitative estimate of drug-likeness (QED) is 0.663. The maximum Gasteiger partial charge on any atom is 0.204 e. The van der Waals surface area contributed by atoms with Crippen LogP contribution in [0.15, 0.2) is 54.9 Å². The lowest BCUT2D eigenvalue weighted by molar-refractivity contribution is -0.0306. The van der Waals surface area contributed by atoms with Crippen LogP contribution in [-0.4, -0.2) is 50.0 Å². The van der Waals surface area contributed by atoms with E-state index < -0.39 is 0 Å². The van der Waals surface area contributed by atoms with Crippen LogP contribution in [-0.2, 0) is 11.4 Å². The molecule has 1 aromatic carbocycles. The highest BCUT2D eigenvalue weighted by atomic mass is 32.1. The zero-order valence-corrected chi connectivity index (χ0v) is 15.5. The van der Waals surface area contributed by atoms with Gasteiger partial charge in [0.15, 0.2) is 5.82 Å².